The van der Waals surface area contributed by atoms with Crippen molar-refractivity contribution in [3.8, 4) is 0 Å². The molecule has 0 aromatic carbocycles. The molecule has 0 radical (unpaired) electrons. The lowest BCUT2D eigenvalue weighted by Gasteiger charge is -2.23. The third-order valence-corrected chi connectivity index (χ3v) is 4.30. The third kappa shape index (κ3) is 5.11. The Morgan fingerprint density at radius 3 is 2.62 bits per heavy atom. The number of nitrogens with zero attached hydrogens (tertiary/aromatic N) is 3. The molecule has 0 fully saturated rings. The number of likely N-dealkylation sites (N-methyl/N-ethyl adjacent to an activating group) is 1. The Morgan fingerprint density at radius 1 is 1.23 bits per heavy atom. The SMILES string of the molecule is CCNC(=NCc1c(CC)noc1CC)NCC(c1ccco1)N(C)C. The van der Waals surface area contributed by atoms with Gasteiger partial charge in [-0.15, -0.1) is 0 Å². The van der Waals surface area contributed by atoms with Crippen molar-refractivity contribution in [2.45, 2.75) is 46.2 Å². The van der Waals surface area contributed by atoms with Crippen molar-refractivity contribution in [2.24, 2.45) is 4.99 Å². The van der Waals surface area contributed by atoms with Gasteiger partial charge in [-0.25, -0.2) is 4.99 Å². The van der Waals surface area contributed by atoms with Crippen molar-refractivity contribution in [2.75, 3.05) is 27.2 Å². The quantitative estimate of drug-likeness (QED) is 0.528. The molecule has 0 aliphatic carbocycles. The Morgan fingerprint density at radius 2 is 2.04 bits per heavy atom. The predicted molar refractivity (Wildman–Crippen MR) is 103 cm³/mol. The average molecular weight is 361 g/mol. The van der Waals surface area contributed by atoms with E-state index in [1.807, 2.05) is 26.2 Å². The maximum Gasteiger partial charge on any atom is 0.191 e. The maximum absolute atomic E-state index is 5.57. The standard InChI is InChI=1S/C19H31N5O2/c1-6-15-14(17(7-2)26-23-15)12-21-19(20-8-3)22-13-16(24(4)5)18-10-9-11-25-18/h9-11,16H,6-8,12-13H2,1-5H3,(H2,20,21,22). The van der Waals surface area contributed by atoms with Crippen LogP contribution >= 0.6 is 0 Å². The Labute approximate surface area is 155 Å². The number of aliphatic imine (C=N–C) groups is 1. The fraction of sp³-hybridized carbons (Fsp3) is 0.579. The van der Waals surface area contributed by atoms with Crippen LogP contribution in [-0.4, -0.2) is 43.2 Å². The molecule has 2 N–H and O–H groups in total. The van der Waals surface area contributed by atoms with Gasteiger partial charge in [0, 0.05) is 25.1 Å². The second kappa shape index (κ2) is 10.0. The Hall–Kier alpha value is -2.28. The first kappa shape index (κ1) is 20.0. The highest BCUT2D eigenvalue weighted by atomic mass is 16.5. The van der Waals surface area contributed by atoms with Crippen LogP contribution in [0.25, 0.3) is 0 Å². The van der Waals surface area contributed by atoms with Crippen LogP contribution in [0.15, 0.2) is 32.3 Å². The van der Waals surface area contributed by atoms with E-state index in [1.54, 1.807) is 6.26 Å². The van der Waals surface area contributed by atoms with Crippen LogP contribution in [-0.2, 0) is 19.4 Å². The molecule has 1 unspecified atom stereocenters. The summed E-state index contributed by atoms with van der Waals surface area (Å²) in [5.41, 5.74) is 2.09. The first-order valence-electron chi connectivity index (χ1n) is 9.28. The molecule has 0 amide bonds. The zero-order valence-electron chi connectivity index (χ0n) is 16.5. The van der Waals surface area contributed by atoms with Crippen molar-refractivity contribution in [1.82, 2.24) is 20.7 Å². The zero-order chi connectivity index (χ0) is 18.9. The molecule has 0 bridgehead atoms. The number of rotatable bonds is 9. The number of hydrogen-bond acceptors (Lipinski definition) is 5. The van der Waals surface area contributed by atoms with Gasteiger partial charge in [-0.05, 0) is 39.6 Å². The molecule has 144 valence electrons. The molecular formula is C19H31N5O2. The van der Waals surface area contributed by atoms with Gasteiger partial charge in [-0.2, -0.15) is 0 Å². The van der Waals surface area contributed by atoms with E-state index >= 15 is 0 Å². The minimum atomic E-state index is 0.127. The Balaban J connectivity index is 2.08. The predicted octanol–water partition coefficient (Wildman–Crippen LogP) is 2.75. The molecule has 2 rings (SSSR count). The van der Waals surface area contributed by atoms with Crippen molar-refractivity contribution in [1.29, 1.82) is 0 Å². The molecule has 0 saturated carbocycles. The summed E-state index contributed by atoms with van der Waals surface area (Å²) in [5.74, 6) is 2.62. The molecule has 7 nitrogen and oxygen atoms in total. The first-order valence-corrected chi connectivity index (χ1v) is 9.28. The topological polar surface area (TPSA) is 78.8 Å². The van der Waals surface area contributed by atoms with Crippen molar-refractivity contribution >= 4 is 5.96 Å². The maximum atomic E-state index is 5.57. The molecule has 0 aliphatic heterocycles. The fourth-order valence-corrected chi connectivity index (χ4v) is 2.83. The highest BCUT2D eigenvalue weighted by molar-refractivity contribution is 5.79. The summed E-state index contributed by atoms with van der Waals surface area (Å²) < 4.78 is 11.0. The van der Waals surface area contributed by atoms with Gasteiger partial charge >= 0.3 is 0 Å². The van der Waals surface area contributed by atoms with E-state index in [0.717, 1.165) is 48.1 Å². The van der Waals surface area contributed by atoms with Gasteiger partial charge in [0.1, 0.15) is 11.5 Å². The molecule has 7 heteroatoms. The molecule has 26 heavy (non-hydrogen) atoms. The lowest BCUT2D eigenvalue weighted by molar-refractivity contribution is 0.258. The summed E-state index contributed by atoms with van der Waals surface area (Å²) >= 11 is 0. The van der Waals surface area contributed by atoms with Crippen LogP contribution < -0.4 is 10.6 Å². The van der Waals surface area contributed by atoms with E-state index in [9.17, 15) is 0 Å². The minimum Gasteiger partial charge on any atom is -0.468 e. The summed E-state index contributed by atoms with van der Waals surface area (Å²) in [4.78, 5) is 6.86. The third-order valence-electron chi connectivity index (χ3n) is 4.30. The smallest absolute Gasteiger partial charge is 0.191 e. The van der Waals surface area contributed by atoms with Gasteiger partial charge in [0.15, 0.2) is 5.96 Å². The highest BCUT2D eigenvalue weighted by Gasteiger charge is 2.18. The van der Waals surface area contributed by atoms with Crippen LogP contribution in [0.5, 0.6) is 0 Å². The minimum absolute atomic E-state index is 0.127. The van der Waals surface area contributed by atoms with E-state index in [-0.39, 0.29) is 6.04 Å². The van der Waals surface area contributed by atoms with E-state index in [1.165, 1.54) is 0 Å². The molecule has 0 aliphatic rings. The van der Waals surface area contributed by atoms with Gasteiger partial charge < -0.3 is 19.6 Å². The second-order valence-corrected chi connectivity index (χ2v) is 6.31. The van der Waals surface area contributed by atoms with Crippen molar-refractivity contribution < 1.29 is 8.94 Å². The molecule has 0 saturated heterocycles. The molecule has 2 heterocycles. The van der Waals surface area contributed by atoms with Gasteiger partial charge in [-0.1, -0.05) is 19.0 Å². The van der Waals surface area contributed by atoms with Crippen molar-refractivity contribution in [3.05, 3.63) is 41.2 Å². The Bertz CT molecular complexity index is 655. The highest BCUT2D eigenvalue weighted by Crippen LogP contribution is 2.18. The van der Waals surface area contributed by atoms with E-state index in [4.69, 9.17) is 13.9 Å². The number of nitrogens with one attached hydrogen (secondary N) is 2. The van der Waals surface area contributed by atoms with Crippen LogP contribution in [0.3, 0.4) is 0 Å². The van der Waals surface area contributed by atoms with E-state index in [0.29, 0.717) is 13.1 Å². The van der Waals surface area contributed by atoms with Crippen molar-refractivity contribution in [3.63, 3.8) is 0 Å². The van der Waals surface area contributed by atoms with Gasteiger partial charge in [0.2, 0.25) is 0 Å². The molecular weight excluding hydrogens is 330 g/mol. The molecule has 2 aromatic heterocycles. The molecule has 2 aromatic rings. The number of aryl methyl sites for hydroxylation is 2. The zero-order valence-corrected chi connectivity index (χ0v) is 16.5. The Kier molecular flexibility index (Phi) is 7.72. The summed E-state index contributed by atoms with van der Waals surface area (Å²) in [5, 5.41) is 10.9. The summed E-state index contributed by atoms with van der Waals surface area (Å²) in [6, 6.07) is 4.03. The van der Waals surface area contributed by atoms with Gasteiger partial charge in [0.05, 0.1) is 24.5 Å². The second-order valence-electron chi connectivity index (χ2n) is 6.31. The molecule has 0 spiro atoms. The fourth-order valence-electron chi connectivity index (χ4n) is 2.83. The number of guanidine groups is 1. The molecule has 1 atom stereocenters. The largest absolute Gasteiger partial charge is 0.468 e. The van der Waals surface area contributed by atoms with Gasteiger partial charge in [-0.3, -0.25) is 4.90 Å². The van der Waals surface area contributed by atoms with E-state index < -0.39 is 0 Å². The normalized spacial score (nSPS) is 13.2. The summed E-state index contributed by atoms with van der Waals surface area (Å²) in [6.45, 7) is 8.25. The lowest BCUT2D eigenvalue weighted by atomic mass is 10.1. The van der Waals surface area contributed by atoms with E-state index in [2.05, 4.69) is 41.5 Å². The number of hydrogen-bond donors (Lipinski definition) is 2. The first-order chi connectivity index (χ1) is 12.6. The van der Waals surface area contributed by atoms with Crippen LogP contribution in [0.1, 0.15) is 49.6 Å². The average Bonchev–Trinajstić information content (AvgIpc) is 3.28. The summed E-state index contributed by atoms with van der Waals surface area (Å²) in [7, 11) is 4.08. The van der Waals surface area contributed by atoms with Gasteiger partial charge in [0.25, 0.3) is 0 Å². The van der Waals surface area contributed by atoms with Crippen LogP contribution in [0.4, 0.5) is 0 Å². The van der Waals surface area contributed by atoms with Crippen LogP contribution in [0.2, 0.25) is 0 Å². The lowest BCUT2D eigenvalue weighted by Crippen LogP contribution is -2.41. The summed E-state index contributed by atoms with van der Waals surface area (Å²) in [6.07, 6.45) is 3.37. The number of furan rings is 1. The van der Waals surface area contributed by atoms with Crippen LogP contribution in [0, 0.1) is 0 Å². The number of aromatic nitrogens is 1. The monoisotopic (exact) mass is 361 g/mol.